The first-order valence-corrected chi connectivity index (χ1v) is 6.16. The predicted molar refractivity (Wildman–Crippen MR) is 75.0 cm³/mol. The summed E-state index contributed by atoms with van der Waals surface area (Å²) in [5, 5.41) is 2.92. The second-order valence-electron chi connectivity index (χ2n) is 4.33. The number of rotatable bonds is 3. The van der Waals surface area contributed by atoms with Gasteiger partial charge in [0.15, 0.2) is 0 Å². The van der Waals surface area contributed by atoms with Crippen molar-refractivity contribution in [1.82, 2.24) is 0 Å². The molecule has 0 spiro atoms. The average Bonchev–Trinajstić information content (AvgIpc) is 2.41. The third-order valence-electron chi connectivity index (χ3n) is 2.95. The highest BCUT2D eigenvalue weighted by molar-refractivity contribution is 6.05. The number of benzene rings is 2. The predicted octanol–water partition coefficient (Wildman–Crippen LogP) is 3.81. The molecular formula is C16H17NO. The van der Waals surface area contributed by atoms with E-state index in [1.165, 1.54) is 5.56 Å². The third-order valence-corrected chi connectivity index (χ3v) is 2.95. The van der Waals surface area contributed by atoms with E-state index in [0.717, 1.165) is 23.2 Å². The van der Waals surface area contributed by atoms with Crippen LogP contribution in [0.2, 0.25) is 0 Å². The molecule has 2 aromatic rings. The van der Waals surface area contributed by atoms with Crippen molar-refractivity contribution in [2.75, 3.05) is 5.32 Å². The molecule has 0 aliphatic rings. The summed E-state index contributed by atoms with van der Waals surface area (Å²) in [6, 6.07) is 15.5. The first-order chi connectivity index (χ1) is 8.70. The molecule has 0 saturated carbocycles. The van der Waals surface area contributed by atoms with Crippen molar-refractivity contribution < 1.29 is 4.79 Å². The van der Waals surface area contributed by atoms with Crippen LogP contribution in [0.4, 0.5) is 5.69 Å². The summed E-state index contributed by atoms with van der Waals surface area (Å²) in [6.07, 6.45) is 0.859. The van der Waals surface area contributed by atoms with E-state index < -0.39 is 0 Å². The molecule has 0 aliphatic heterocycles. The van der Waals surface area contributed by atoms with Crippen LogP contribution >= 0.6 is 0 Å². The quantitative estimate of drug-likeness (QED) is 0.867. The minimum absolute atomic E-state index is 0.0451. The SMILES string of the molecule is CCc1ccccc1C(=O)Nc1ccc(C)cc1. The third kappa shape index (κ3) is 2.77. The fraction of sp³-hybridized carbons (Fsp3) is 0.188. The number of hydrogen-bond donors (Lipinski definition) is 1. The second-order valence-corrected chi connectivity index (χ2v) is 4.33. The van der Waals surface area contributed by atoms with Gasteiger partial charge in [-0.1, -0.05) is 42.8 Å². The fourth-order valence-corrected chi connectivity index (χ4v) is 1.89. The minimum atomic E-state index is -0.0451. The molecule has 1 amide bonds. The van der Waals surface area contributed by atoms with E-state index in [2.05, 4.69) is 12.2 Å². The van der Waals surface area contributed by atoms with Gasteiger partial charge < -0.3 is 5.32 Å². The number of carbonyl (C=O) groups excluding carboxylic acids is 1. The molecule has 0 heterocycles. The van der Waals surface area contributed by atoms with E-state index in [1.807, 2.05) is 55.5 Å². The van der Waals surface area contributed by atoms with Crippen molar-refractivity contribution in [1.29, 1.82) is 0 Å². The Labute approximate surface area is 108 Å². The highest BCUT2D eigenvalue weighted by atomic mass is 16.1. The molecule has 0 bridgehead atoms. The van der Waals surface area contributed by atoms with Crippen LogP contribution in [-0.2, 0) is 6.42 Å². The first kappa shape index (κ1) is 12.4. The normalized spacial score (nSPS) is 10.1. The van der Waals surface area contributed by atoms with Gasteiger partial charge >= 0.3 is 0 Å². The molecule has 2 rings (SSSR count). The van der Waals surface area contributed by atoms with E-state index in [9.17, 15) is 4.79 Å². The van der Waals surface area contributed by atoms with Crippen LogP contribution in [-0.4, -0.2) is 5.91 Å². The van der Waals surface area contributed by atoms with Gasteiger partial charge in [-0.25, -0.2) is 0 Å². The van der Waals surface area contributed by atoms with Crippen molar-refractivity contribution in [2.24, 2.45) is 0 Å². The molecule has 0 fully saturated rings. The van der Waals surface area contributed by atoms with E-state index >= 15 is 0 Å². The lowest BCUT2D eigenvalue weighted by atomic mass is 10.0. The van der Waals surface area contributed by atoms with Gasteiger partial charge in [0, 0.05) is 11.3 Å². The van der Waals surface area contributed by atoms with Gasteiger partial charge in [0.25, 0.3) is 5.91 Å². The Balaban J connectivity index is 2.19. The number of amides is 1. The number of anilines is 1. The molecular weight excluding hydrogens is 222 g/mol. The van der Waals surface area contributed by atoms with E-state index in [0.29, 0.717) is 0 Å². The lowest BCUT2D eigenvalue weighted by Crippen LogP contribution is -2.13. The fourth-order valence-electron chi connectivity index (χ4n) is 1.89. The Morgan fingerprint density at radius 3 is 2.39 bits per heavy atom. The zero-order valence-corrected chi connectivity index (χ0v) is 10.7. The average molecular weight is 239 g/mol. The van der Waals surface area contributed by atoms with Crippen LogP contribution in [0.3, 0.4) is 0 Å². The van der Waals surface area contributed by atoms with Gasteiger partial charge in [0.05, 0.1) is 0 Å². The van der Waals surface area contributed by atoms with Crippen molar-refractivity contribution in [2.45, 2.75) is 20.3 Å². The Morgan fingerprint density at radius 2 is 1.72 bits per heavy atom. The summed E-state index contributed by atoms with van der Waals surface area (Å²) in [6.45, 7) is 4.08. The molecule has 0 unspecified atom stereocenters. The largest absolute Gasteiger partial charge is 0.322 e. The maximum absolute atomic E-state index is 12.2. The summed E-state index contributed by atoms with van der Waals surface area (Å²) < 4.78 is 0. The van der Waals surface area contributed by atoms with Gasteiger partial charge in [0.1, 0.15) is 0 Å². The van der Waals surface area contributed by atoms with E-state index in [1.54, 1.807) is 0 Å². The number of carbonyl (C=O) groups is 1. The van der Waals surface area contributed by atoms with E-state index in [-0.39, 0.29) is 5.91 Å². The summed E-state index contributed by atoms with van der Waals surface area (Å²) in [4.78, 5) is 12.2. The zero-order valence-electron chi connectivity index (χ0n) is 10.7. The molecule has 2 heteroatoms. The van der Waals surface area contributed by atoms with E-state index in [4.69, 9.17) is 0 Å². The van der Waals surface area contributed by atoms with Gasteiger partial charge in [-0.2, -0.15) is 0 Å². The molecule has 18 heavy (non-hydrogen) atoms. The Kier molecular flexibility index (Phi) is 3.78. The zero-order chi connectivity index (χ0) is 13.0. The maximum atomic E-state index is 12.2. The Bertz CT molecular complexity index is 543. The summed E-state index contributed by atoms with van der Waals surface area (Å²) in [5.74, 6) is -0.0451. The van der Waals surface area contributed by atoms with Crippen molar-refractivity contribution in [3.63, 3.8) is 0 Å². The number of aryl methyl sites for hydroxylation is 2. The molecule has 92 valence electrons. The summed E-state index contributed by atoms with van der Waals surface area (Å²) in [7, 11) is 0. The lowest BCUT2D eigenvalue weighted by Gasteiger charge is -2.09. The van der Waals surface area contributed by atoms with Crippen LogP contribution in [0.1, 0.15) is 28.4 Å². The summed E-state index contributed by atoms with van der Waals surface area (Å²) >= 11 is 0. The lowest BCUT2D eigenvalue weighted by molar-refractivity contribution is 0.102. The smallest absolute Gasteiger partial charge is 0.255 e. The van der Waals surface area contributed by atoms with Gasteiger partial charge in [-0.05, 0) is 37.1 Å². The van der Waals surface area contributed by atoms with Crippen LogP contribution in [0, 0.1) is 6.92 Å². The Morgan fingerprint density at radius 1 is 1.06 bits per heavy atom. The Hall–Kier alpha value is -2.09. The molecule has 1 N–H and O–H groups in total. The van der Waals surface area contributed by atoms with Crippen molar-refractivity contribution in [3.05, 3.63) is 65.2 Å². The maximum Gasteiger partial charge on any atom is 0.255 e. The molecule has 2 aromatic carbocycles. The molecule has 0 aromatic heterocycles. The molecule has 0 aliphatic carbocycles. The number of hydrogen-bond acceptors (Lipinski definition) is 1. The van der Waals surface area contributed by atoms with Gasteiger partial charge in [-0.15, -0.1) is 0 Å². The topological polar surface area (TPSA) is 29.1 Å². The summed E-state index contributed by atoms with van der Waals surface area (Å²) in [5.41, 5.74) is 3.83. The molecule has 0 radical (unpaired) electrons. The van der Waals surface area contributed by atoms with Crippen LogP contribution in [0.15, 0.2) is 48.5 Å². The standard InChI is InChI=1S/C16H17NO/c1-3-13-6-4-5-7-15(13)16(18)17-14-10-8-12(2)9-11-14/h4-11H,3H2,1-2H3,(H,17,18). The van der Waals surface area contributed by atoms with Gasteiger partial charge in [0.2, 0.25) is 0 Å². The molecule has 0 atom stereocenters. The van der Waals surface area contributed by atoms with Crippen molar-refractivity contribution >= 4 is 11.6 Å². The highest BCUT2D eigenvalue weighted by Gasteiger charge is 2.09. The van der Waals surface area contributed by atoms with Crippen LogP contribution in [0.25, 0.3) is 0 Å². The minimum Gasteiger partial charge on any atom is -0.322 e. The van der Waals surface area contributed by atoms with Crippen LogP contribution < -0.4 is 5.32 Å². The van der Waals surface area contributed by atoms with Crippen LogP contribution in [0.5, 0.6) is 0 Å². The first-order valence-electron chi connectivity index (χ1n) is 6.16. The van der Waals surface area contributed by atoms with Gasteiger partial charge in [-0.3, -0.25) is 4.79 Å². The monoisotopic (exact) mass is 239 g/mol. The molecule has 2 nitrogen and oxygen atoms in total. The number of nitrogens with one attached hydrogen (secondary N) is 1. The van der Waals surface area contributed by atoms with Crippen molar-refractivity contribution in [3.8, 4) is 0 Å². The molecule has 0 saturated heterocycles. The second kappa shape index (κ2) is 5.50. The highest BCUT2D eigenvalue weighted by Crippen LogP contribution is 2.14.